The van der Waals surface area contributed by atoms with Crippen molar-refractivity contribution in [3.8, 4) is 0 Å². The van der Waals surface area contributed by atoms with Gasteiger partial charge in [0.05, 0.1) is 0 Å². The van der Waals surface area contributed by atoms with Gasteiger partial charge in [-0.15, -0.1) is 23.5 Å². The van der Waals surface area contributed by atoms with Crippen LogP contribution >= 0.6 is 46.7 Å². The van der Waals surface area contributed by atoms with Crippen molar-refractivity contribution in [1.29, 1.82) is 0 Å². The minimum atomic E-state index is -0.130. The zero-order chi connectivity index (χ0) is 13.3. The summed E-state index contributed by atoms with van der Waals surface area (Å²) in [6.07, 6.45) is 0. The molecule has 0 spiro atoms. The Bertz CT molecular complexity index is 548. The largest absolute Gasteiger partial charge is 0.119 e. The monoisotopic (exact) mass is 324 g/mol. The molecule has 0 amide bonds. The fraction of sp³-hybridized carbons (Fsp3) is 0.0667. The van der Waals surface area contributed by atoms with Crippen molar-refractivity contribution in [1.82, 2.24) is 0 Å². The van der Waals surface area contributed by atoms with Crippen LogP contribution in [0.1, 0.15) is 11.1 Å². The highest BCUT2D eigenvalue weighted by molar-refractivity contribution is 8.23. The van der Waals surface area contributed by atoms with Gasteiger partial charge < -0.3 is 0 Å². The SMILES string of the molecule is Clc1ccc(C2(c3ccc(Cl)cc3)SC=CS2)cc1. The van der Waals surface area contributed by atoms with E-state index in [0.29, 0.717) is 0 Å². The summed E-state index contributed by atoms with van der Waals surface area (Å²) in [6.45, 7) is 0. The maximum atomic E-state index is 5.98. The smallest absolute Gasteiger partial charge is 0.106 e. The quantitative estimate of drug-likeness (QED) is 0.650. The number of rotatable bonds is 2. The minimum Gasteiger partial charge on any atom is -0.106 e. The molecule has 0 nitrogen and oxygen atoms in total. The molecular formula is C15H10Cl2S2. The molecule has 0 fully saturated rings. The van der Waals surface area contributed by atoms with Gasteiger partial charge in [0, 0.05) is 10.0 Å². The van der Waals surface area contributed by atoms with Crippen molar-refractivity contribution < 1.29 is 0 Å². The molecule has 3 rings (SSSR count). The van der Waals surface area contributed by atoms with E-state index in [4.69, 9.17) is 23.2 Å². The predicted molar refractivity (Wildman–Crippen MR) is 88.0 cm³/mol. The summed E-state index contributed by atoms with van der Waals surface area (Å²) in [4.78, 5) is 0. The number of halogens is 2. The first-order valence-electron chi connectivity index (χ1n) is 5.73. The summed E-state index contributed by atoms with van der Waals surface area (Å²) in [5, 5.41) is 5.79. The lowest BCUT2D eigenvalue weighted by Crippen LogP contribution is -2.16. The second-order valence-electron chi connectivity index (χ2n) is 4.14. The summed E-state index contributed by atoms with van der Waals surface area (Å²) in [5.41, 5.74) is 2.47. The Balaban J connectivity index is 2.09. The van der Waals surface area contributed by atoms with Crippen LogP contribution in [0, 0.1) is 0 Å². The summed E-state index contributed by atoms with van der Waals surface area (Å²) in [7, 11) is 0. The van der Waals surface area contributed by atoms with Crippen molar-refractivity contribution in [3.63, 3.8) is 0 Å². The minimum absolute atomic E-state index is 0.130. The third-order valence-corrected chi connectivity index (χ3v) is 6.38. The van der Waals surface area contributed by atoms with Crippen LogP contribution in [0.25, 0.3) is 0 Å². The zero-order valence-electron chi connectivity index (χ0n) is 9.85. The average molecular weight is 325 g/mol. The second kappa shape index (κ2) is 5.45. The highest BCUT2D eigenvalue weighted by Crippen LogP contribution is 2.57. The van der Waals surface area contributed by atoms with Gasteiger partial charge >= 0.3 is 0 Å². The number of hydrogen-bond acceptors (Lipinski definition) is 2. The van der Waals surface area contributed by atoms with Gasteiger partial charge in [0.25, 0.3) is 0 Å². The molecule has 0 saturated heterocycles. The maximum Gasteiger partial charge on any atom is 0.119 e. The van der Waals surface area contributed by atoms with E-state index in [9.17, 15) is 0 Å². The van der Waals surface area contributed by atoms with Crippen LogP contribution in [-0.4, -0.2) is 0 Å². The molecule has 0 aromatic heterocycles. The van der Waals surface area contributed by atoms with E-state index < -0.39 is 0 Å². The van der Waals surface area contributed by atoms with Crippen molar-refractivity contribution in [2.45, 2.75) is 4.08 Å². The Kier molecular flexibility index (Phi) is 3.86. The van der Waals surface area contributed by atoms with Gasteiger partial charge in [0.15, 0.2) is 0 Å². The van der Waals surface area contributed by atoms with Crippen molar-refractivity contribution in [3.05, 3.63) is 80.5 Å². The van der Waals surface area contributed by atoms with Gasteiger partial charge in [-0.05, 0) is 46.2 Å². The Morgan fingerprint density at radius 1 is 0.632 bits per heavy atom. The molecule has 0 aliphatic carbocycles. The third-order valence-electron chi connectivity index (χ3n) is 2.97. The molecule has 0 saturated carbocycles. The molecule has 0 unspecified atom stereocenters. The molecule has 96 valence electrons. The van der Waals surface area contributed by atoms with Crippen LogP contribution in [0.5, 0.6) is 0 Å². The topological polar surface area (TPSA) is 0 Å². The highest BCUT2D eigenvalue weighted by Gasteiger charge is 2.37. The van der Waals surface area contributed by atoms with E-state index >= 15 is 0 Å². The number of hydrogen-bond donors (Lipinski definition) is 0. The van der Waals surface area contributed by atoms with E-state index in [0.717, 1.165) is 10.0 Å². The highest BCUT2D eigenvalue weighted by atomic mass is 35.5. The summed E-state index contributed by atoms with van der Waals surface area (Å²) < 4.78 is -0.130. The van der Waals surface area contributed by atoms with Crippen molar-refractivity contribution in [2.75, 3.05) is 0 Å². The van der Waals surface area contributed by atoms with Crippen molar-refractivity contribution in [2.24, 2.45) is 0 Å². The standard InChI is InChI=1S/C15H10Cl2S2/c16-13-5-1-11(2-6-13)15(18-9-10-19-15)12-3-7-14(17)8-4-12/h1-10H. The Morgan fingerprint density at radius 2 is 1.00 bits per heavy atom. The molecule has 4 heteroatoms. The average Bonchev–Trinajstić information content (AvgIpc) is 2.91. The predicted octanol–water partition coefficient (Wildman–Crippen LogP) is 6.15. The van der Waals surface area contributed by atoms with E-state index in [1.165, 1.54) is 11.1 Å². The van der Waals surface area contributed by atoms with Gasteiger partial charge in [-0.2, -0.15) is 0 Å². The molecule has 0 N–H and O–H groups in total. The van der Waals surface area contributed by atoms with E-state index in [2.05, 4.69) is 35.1 Å². The molecule has 1 heterocycles. The van der Waals surface area contributed by atoms with E-state index in [1.807, 2.05) is 24.3 Å². The summed E-state index contributed by atoms with van der Waals surface area (Å²) in [5.74, 6) is 0. The summed E-state index contributed by atoms with van der Waals surface area (Å²) >= 11 is 15.6. The van der Waals surface area contributed by atoms with Crippen LogP contribution in [0.15, 0.2) is 59.3 Å². The molecule has 2 aromatic carbocycles. The van der Waals surface area contributed by atoms with Gasteiger partial charge in [-0.25, -0.2) is 0 Å². The van der Waals surface area contributed by atoms with Crippen LogP contribution in [0.4, 0.5) is 0 Å². The first kappa shape index (κ1) is 13.4. The molecule has 1 aliphatic rings. The molecule has 19 heavy (non-hydrogen) atoms. The van der Waals surface area contributed by atoms with Gasteiger partial charge in [-0.3, -0.25) is 0 Å². The van der Waals surface area contributed by atoms with Gasteiger partial charge in [0.1, 0.15) is 4.08 Å². The third kappa shape index (κ3) is 2.55. The van der Waals surface area contributed by atoms with Gasteiger partial charge in [-0.1, -0.05) is 47.5 Å². The van der Waals surface area contributed by atoms with Crippen molar-refractivity contribution >= 4 is 46.7 Å². The number of benzene rings is 2. The van der Waals surface area contributed by atoms with Gasteiger partial charge in [0.2, 0.25) is 0 Å². The van der Waals surface area contributed by atoms with Crippen LogP contribution in [-0.2, 0) is 4.08 Å². The molecule has 0 radical (unpaired) electrons. The Labute approximate surface area is 131 Å². The fourth-order valence-electron chi connectivity index (χ4n) is 2.05. The van der Waals surface area contributed by atoms with E-state index in [-0.39, 0.29) is 4.08 Å². The van der Waals surface area contributed by atoms with Crippen LogP contribution in [0.2, 0.25) is 10.0 Å². The normalized spacial score (nSPS) is 16.7. The summed E-state index contributed by atoms with van der Waals surface area (Å²) in [6, 6.07) is 16.1. The second-order valence-corrected chi connectivity index (χ2v) is 7.51. The van der Waals surface area contributed by atoms with Crippen LogP contribution < -0.4 is 0 Å². The van der Waals surface area contributed by atoms with E-state index in [1.54, 1.807) is 23.5 Å². The lowest BCUT2D eigenvalue weighted by atomic mass is 10.0. The lowest BCUT2D eigenvalue weighted by molar-refractivity contribution is 1.09. The molecule has 0 atom stereocenters. The molecule has 1 aliphatic heterocycles. The van der Waals surface area contributed by atoms with Crippen LogP contribution in [0.3, 0.4) is 0 Å². The Hall–Kier alpha value is -0.540. The maximum absolute atomic E-state index is 5.98. The first-order chi connectivity index (χ1) is 9.21. The first-order valence-corrected chi connectivity index (χ1v) is 8.25. The zero-order valence-corrected chi connectivity index (χ0v) is 13.0. The molecular weight excluding hydrogens is 315 g/mol. The number of thioether (sulfide) groups is 2. The fourth-order valence-corrected chi connectivity index (χ4v) is 4.78. The lowest BCUT2D eigenvalue weighted by Gasteiger charge is -2.28. The Morgan fingerprint density at radius 3 is 1.37 bits per heavy atom. The molecule has 2 aromatic rings. The molecule has 0 bridgehead atoms.